The maximum absolute atomic E-state index is 12.8. The van der Waals surface area contributed by atoms with Crippen LogP contribution >= 0.6 is 11.8 Å². The number of carbonyl (C=O) groups is 2. The topological polar surface area (TPSA) is 120 Å². The highest BCUT2D eigenvalue weighted by Crippen LogP contribution is 2.29. The van der Waals surface area contributed by atoms with Gasteiger partial charge in [0.1, 0.15) is 17.2 Å². The zero-order valence-corrected chi connectivity index (χ0v) is 19.8. The third-order valence-electron chi connectivity index (χ3n) is 4.86. The summed E-state index contributed by atoms with van der Waals surface area (Å²) in [5.74, 6) is 0.524. The number of hydrogen-bond donors (Lipinski definition) is 2. The molecule has 0 spiro atoms. The van der Waals surface area contributed by atoms with Gasteiger partial charge in [-0.1, -0.05) is 42.1 Å². The highest BCUT2D eigenvalue weighted by Gasteiger charge is 2.17. The van der Waals surface area contributed by atoms with E-state index in [1.54, 1.807) is 68.8 Å². The number of carbonyl (C=O) groups excluding carboxylic acids is 2. The van der Waals surface area contributed by atoms with Crippen LogP contribution in [0.15, 0.2) is 78.0 Å². The molecule has 11 heteroatoms. The van der Waals surface area contributed by atoms with Crippen molar-refractivity contribution in [2.75, 3.05) is 30.6 Å². The number of anilines is 2. The van der Waals surface area contributed by atoms with Crippen molar-refractivity contribution in [2.24, 2.45) is 0 Å². The average molecular weight is 491 g/mol. The molecule has 35 heavy (non-hydrogen) atoms. The Bertz CT molecular complexity index is 1330. The zero-order chi connectivity index (χ0) is 24.6. The fourth-order valence-corrected chi connectivity index (χ4v) is 3.89. The van der Waals surface area contributed by atoms with Gasteiger partial charge in [0.15, 0.2) is 0 Å². The SMILES string of the molecule is COc1ccc(OC)c(-n2nnnc2SCC(=O)Nc2ccccc2C(=O)Nc2ccccc2)c1. The summed E-state index contributed by atoms with van der Waals surface area (Å²) in [5, 5.41) is 17.8. The lowest BCUT2D eigenvalue weighted by molar-refractivity contribution is -0.113. The Balaban J connectivity index is 1.45. The van der Waals surface area contributed by atoms with E-state index in [1.807, 2.05) is 18.2 Å². The van der Waals surface area contributed by atoms with Gasteiger partial charge in [0.05, 0.1) is 31.2 Å². The molecule has 3 aromatic carbocycles. The molecule has 1 heterocycles. The summed E-state index contributed by atoms with van der Waals surface area (Å²) in [6, 6.07) is 21.1. The number of ether oxygens (including phenoxy) is 2. The number of tetrazole rings is 1. The van der Waals surface area contributed by atoms with Crippen LogP contribution in [0.3, 0.4) is 0 Å². The van der Waals surface area contributed by atoms with Crippen LogP contribution in [0.5, 0.6) is 11.5 Å². The molecule has 0 saturated heterocycles. The maximum Gasteiger partial charge on any atom is 0.257 e. The number of methoxy groups -OCH3 is 2. The van der Waals surface area contributed by atoms with Crippen molar-refractivity contribution in [3.8, 4) is 17.2 Å². The number of benzene rings is 3. The molecule has 0 atom stereocenters. The molecule has 0 unspecified atom stereocenters. The first kappa shape index (κ1) is 23.8. The van der Waals surface area contributed by atoms with E-state index in [0.717, 1.165) is 11.8 Å². The van der Waals surface area contributed by atoms with E-state index < -0.39 is 0 Å². The summed E-state index contributed by atoms with van der Waals surface area (Å²) in [5.41, 5.74) is 1.98. The van der Waals surface area contributed by atoms with Crippen LogP contribution in [0.25, 0.3) is 5.69 Å². The molecule has 0 radical (unpaired) electrons. The van der Waals surface area contributed by atoms with Crippen molar-refractivity contribution in [2.45, 2.75) is 5.16 Å². The molecule has 4 aromatic rings. The van der Waals surface area contributed by atoms with Gasteiger partial charge in [-0.05, 0) is 46.8 Å². The second-order valence-electron chi connectivity index (χ2n) is 7.11. The van der Waals surface area contributed by atoms with Gasteiger partial charge in [-0.25, -0.2) is 0 Å². The second kappa shape index (κ2) is 11.2. The Hall–Kier alpha value is -4.38. The van der Waals surface area contributed by atoms with Gasteiger partial charge in [0.2, 0.25) is 11.1 Å². The quantitative estimate of drug-likeness (QED) is 0.341. The summed E-state index contributed by atoms with van der Waals surface area (Å²) in [4.78, 5) is 25.5. The Morgan fingerprint density at radius 3 is 2.49 bits per heavy atom. The molecule has 0 saturated carbocycles. The number of para-hydroxylation sites is 2. The van der Waals surface area contributed by atoms with Crippen LogP contribution in [0, 0.1) is 0 Å². The zero-order valence-electron chi connectivity index (χ0n) is 19.0. The monoisotopic (exact) mass is 490 g/mol. The van der Waals surface area contributed by atoms with E-state index in [2.05, 4.69) is 26.2 Å². The van der Waals surface area contributed by atoms with Crippen molar-refractivity contribution in [1.29, 1.82) is 0 Å². The van der Waals surface area contributed by atoms with Crippen molar-refractivity contribution in [3.05, 3.63) is 78.4 Å². The summed E-state index contributed by atoms with van der Waals surface area (Å²) < 4.78 is 12.2. The van der Waals surface area contributed by atoms with Gasteiger partial charge in [-0.15, -0.1) is 5.10 Å². The summed E-state index contributed by atoms with van der Waals surface area (Å²) in [6.07, 6.45) is 0. The molecule has 0 aliphatic rings. The lowest BCUT2D eigenvalue weighted by atomic mass is 10.1. The van der Waals surface area contributed by atoms with E-state index in [1.165, 1.54) is 4.68 Å². The molecular weight excluding hydrogens is 468 g/mol. The average Bonchev–Trinajstić information content (AvgIpc) is 3.36. The highest BCUT2D eigenvalue weighted by atomic mass is 32.2. The molecule has 1 aromatic heterocycles. The molecule has 0 bridgehead atoms. The first-order valence-electron chi connectivity index (χ1n) is 10.5. The largest absolute Gasteiger partial charge is 0.497 e. The fraction of sp³-hybridized carbons (Fsp3) is 0.125. The minimum Gasteiger partial charge on any atom is -0.497 e. The van der Waals surface area contributed by atoms with E-state index in [0.29, 0.717) is 39.3 Å². The molecule has 2 amide bonds. The van der Waals surface area contributed by atoms with Crippen LogP contribution in [0.1, 0.15) is 10.4 Å². The summed E-state index contributed by atoms with van der Waals surface area (Å²) in [7, 11) is 3.10. The lowest BCUT2D eigenvalue weighted by Crippen LogP contribution is -2.19. The van der Waals surface area contributed by atoms with E-state index in [-0.39, 0.29) is 17.6 Å². The van der Waals surface area contributed by atoms with Crippen LogP contribution in [-0.2, 0) is 4.79 Å². The van der Waals surface area contributed by atoms with Crippen LogP contribution in [-0.4, -0.2) is 52.0 Å². The van der Waals surface area contributed by atoms with E-state index in [9.17, 15) is 9.59 Å². The maximum atomic E-state index is 12.8. The lowest BCUT2D eigenvalue weighted by Gasteiger charge is -2.12. The van der Waals surface area contributed by atoms with Gasteiger partial charge in [0.25, 0.3) is 5.91 Å². The normalized spacial score (nSPS) is 10.5. The molecular formula is C24H22N6O4S. The number of hydrogen-bond acceptors (Lipinski definition) is 8. The number of amides is 2. The fourth-order valence-electron chi connectivity index (χ4n) is 3.21. The van der Waals surface area contributed by atoms with Crippen LogP contribution in [0.4, 0.5) is 11.4 Å². The van der Waals surface area contributed by atoms with E-state index >= 15 is 0 Å². The molecule has 4 rings (SSSR count). The first-order valence-corrected chi connectivity index (χ1v) is 11.5. The minimum absolute atomic E-state index is 0.0152. The van der Waals surface area contributed by atoms with Crippen LogP contribution in [0.2, 0.25) is 0 Å². The second-order valence-corrected chi connectivity index (χ2v) is 8.06. The summed E-state index contributed by atoms with van der Waals surface area (Å²) in [6.45, 7) is 0. The Morgan fingerprint density at radius 1 is 0.943 bits per heavy atom. The van der Waals surface area contributed by atoms with Crippen molar-refractivity contribution < 1.29 is 19.1 Å². The van der Waals surface area contributed by atoms with Gasteiger partial charge < -0.3 is 20.1 Å². The van der Waals surface area contributed by atoms with Crippen molar-refractivity contribution in [1.82, 2.24) is 20.2 Å². The Kier molecular flexibility index (Phi) is 7.58. The minimum atomic E-state index is -0.325. The predicted octanol–water partition coefficient (Wildman–Crippen LogP) is 3.66. The number of thioether (sulfide) groups is 1. The number of nitrogens with zero attached hydrogens (tertiary/aromatic N) is 4. The third kappa shape index (κ3) is 5.76. The molecule has 0 aliphatic heterocycles. The van der Waals surface area contributed by atoms with Crippen molar-refractivity contribution >= 4 is 35.0 Å². The van der Waals surface area contributed by atoms with Crippen molar-refractivity contribution in [3.63, 3.8) is 0 Å². The molecule has 178 valence electrons. The third-order valence-corrected chi connectivity index (χ3v) is 5.78. The molecule has 2 N–H and O–H groups in total. The number of rotatable bonds is 9. The van der Waals surface area contributed by atoms with Gasteiger partial charge in [-0.2, -0.15) is 4.68 Å². The van der Waals surface area contributed by atoms with E-state index in [4.69, 9.17) is 9.47 Å². The smallest absolute Gasteiger partial charge is 0.257 e. The summed E-state index contributed by atoms with van der Waals surface area (Å²) >= 11 is 1.14. The molecule has 0 fully saturated rings. The van der Waals surface area contributed by atoms with Gasteiger partial charge in [0, 0.05) is 11.8 Å². The highest BCUT2D eigenvalue weighted by molar-refractivity contribution is 7.99. The Morgan fingerprint density at radius 2 is 1.71 bits per heavy atom. The number of nitrogens with one attached hydrogen (secondary N) is 2. The standard InChI is InChI=1S/C24H22N6O4S/c1-33-17-12-13-21(34-2)20(14-17)30-24(27-28-29-30)35-15-22(31)26-19-11-7-6-10-18(19)23(32)25-16-8-4-3-5-9-16/h3-14H,15H2,1-2H3,(H,25,32)(H,26,31). The molecule has 10 nitrogen and oxygen atoms in total. The van der Waals surface area contributed by atoms with Gasteiger partial charge >= 0.3 is 0 Å². The predicted molar refractivity (Wildman–Crippen MR) is 132 cm³/mol. The molecule has 0 aliphatic carbocycles. The Labute approximate surface area is 205 Å². The van der Waals surface area contributed by atoms with Gasteiger partial charge in [-0.3, -0.25) is 9.59 Å². The number of aromatic nitrogens is 4. The first-order chi connectivity index (χ1) is 17.1. The van der Waals surface area contributed by atoms with Crippen LogP contribution < -0.4 is 20.1 Å².